The van der Waals surface area contributed by atoms with Crippen LogP contribution in [0.15, 0.2) is 36.4 Å². The number of carbonyl (C=O) groups excluding carboxylic acids is 1. The zero-order valence-electron chi connectivity index (χ0n) is 11.2. The van der Waals surface area contributed by atoms with Gasteiger partial charge in [-0.3, -0.25) is 4.79 Å². The van der Waals surface area contributed by atoms with Gasteiger partial charge < -0.3 is 10.6 Å². The molecule has 0 atom stereocenters. The summed E-state index contributed by atoms with van der Waals surface area (Å²) in [5, 5.41) is 0.294. The fourth-order valence-corrected chi connectivity index (χ4v) is 2.04. The van der Waals surface area contributed by atoms with Crippen LogP contribution in [0.1, 0.15) is 15.9 Å². The van der Waals surface area contributed by atoms with Crippen LogP contribution in [0.25, 0.3) is 0 Å². The average molecular weight is 311 g/mol. The number of hydrogen-bond acceptors (Lipinski definition) is 2. The van der Waals surface area contributed by atoms with E-state index < -0.39 is 11.6 Å². The van der Waals surface area contributed by atoms with Crippen molar-refractivity contribution in [1.29, 1.82) is 0 Å². The van der Waals surface area contributed by atoms with Gasteiger partial charge in [0.1, 0.15) is 0 Å². The third-order valence-corrected chi connectivity index (χ3v) is 3.33. The van der Waals surface area contributed by atoms with Gasteiger partial charge in [0.15, 0.2) is 11.6 Å². The second-order valence-electron chi connectivity index (χ2n) is 4.65. The normalized spacial score (nSPS) is 10.5. The number of benzene rings is 2. The minimum atomic E-state index is -0.941. The van der Waals surface area contributed by atoms with Gasteiger partial charge in [-0.2, -0.15) is 0 Å². The zero-order chi connectivity index (χ0) is 15.6. The molecule has 21 heavy (non-hydrogen) atoms. The largest absolute Gasteiger partial charge is 0.398 e. The molecule has 0 aromatic heterocycles. The van der Waals surface area contributed by atoms with Crippen molar-refractivity contribution in [3.63, 3.8) is 0 Å². The van der Waals surface area contributed by atoms with E-state index in [9.17, 15) is 13.6 Å². The SMILES string of the molecule is CN(Cc1ccc(F)c(F)c1)C(=O)c1ccc(N)c(Cl)c1. The van der Waals surface area contributed by atoms with Gasteiger partial charge in [0.25, 0.3) is 5.91 Å². The van der Waals surface area contributed by atoms with E-state index in [-0.39, 0.29) is 12.5 Å². The Morgan fingerprint density at radius 1 is 1.19 bits per heavy atom. The summed E-state index contributed by atoms with van der Waals surface area (Å²) in [6.45, 7) is 0.151. The maximum Gasteiger partial charge on any atom is 0.253 e. The number of anilines is 1. The maximum atomic E-state index is 13.1. The maximum absolute atomic E-state index is 13.1. The van der Waals surface area contributed by atoms with E-state index in [0.29, 0.717) is 21.8 Å². The first-order valence-electron chi connectivity index (χ1n) is 6.13. The zero-order valence-corrected chi connectivity index (χ0v) is 12.0. The van der Waals surface area contributed by atoms with Crippen LogP contribution >= 0.6 is 11.6 Å². The van der Waals surface area contributed by atoms with Crippen LogP contribution in [-0.4, -0.2) is 17.9 Å². The summed E-state index contributed by atoms with van der Waals surface area (Å²) < 4.78 is 26.0. The first-order chi connectivity index (χ1) is 9.88. The number of amides is 1. The third kappa shape index (κ3) is 3.49. The number of carbonyl (C=O) groups is 1. The smallest absolute Gasteiger partial charge is 0.253 e. The van der Waals surface area contributed by atoms with Crippen molar-refractivity contribution in [2.45, 2.75) is 6.54 Å². The highest BCUT2D eigenvalue weighted by Gasteiger charge is 2.14. The van der Waals surface area contributed by atoms with Crippen molar-refractivity contribution in [2.75, 3.05) is 12.8 Å². The first kappa shape index (κ1) is 15.3. The summed E-state index contributed by atoms with van der Waals surface area (Å²) in [4.78, 5) is 13.6. The van der Waals surface area contributed by atoms with E-state index in [2.05, 4.69) is 0 Å². The van der Waals surface area contributed by atoms with Gasteiger partial charge in [0.2, 0.25) is 0 Å². The van der Waals surface area contributed by atoms with Gasteiger partial charge in [-0.05, 0) is 35.9 Å². The topological polar surface area (TPSA) is 46.3 Å². The fraction of sp³-hybridized carbons (Fsp3) is 0.133. The second kappa shape index (κ2) is 6.10. The lowest BCUT2D eigenvalue weighted by molar-refractivity contribution is 0.0785. The van der Waals surface area contributed by atoms with Gasteiger partial charge in [-0.15, -0.1) is 0 Å². The Morgan fingerprint density at radius 2 is 1.90 bits per heavy atom. The number of hydrogen-bond donors (Lipinski definition) is 1. The standard InChI is InChI=1S/C15H13ClF2N2O/c1-20(8-9-2-4-12(17)13(18)6-9)15(21)10-3-5-14(19)11(16)7-10/h2-7H,8,19H2,1H3. The summed E-state index contributed by atoms with van der Waals surface area (Å²) in [7, 11) is 1.56. The molecular formula is C15H13ClF2N2O. The van der Waals surface area contributed by atoms with E-state index in [1.54, 1.807) is 19.2 Å². The van der Waals surface area contributed by atoms with Gasteiger partial charge in [-0.25, -0.2) is 8.78 Å². The minimum Gasteiger partial charge on any atom is -0.398 e. The Hall–Kier alpha value is -2.14. The van der Waals surface area contributed by atoms with Crippen LogP contribution in [0.2, 0.25) is 5.02 Å². The highest BCUT2D eigenvalue weighted by atomic mass is 35.5. The molecule has 2 N–H and O–H groups in total. The number of nitrogens with two attached hydrogens (primary N) is 1. The van der Waals surface area contributed by atoms with Crippen molar-refractivity contribution in [1.82, 2.24) is 4.90 Å². The molecule has 2 rings (SSSR count). The van der Waals surface area contributed by atoms with Crippen LogP contribution in [0.3, 0.4) is 0 Å². The molecule has 110 valence electrons. The Morgan fingerprint density at radius 3 is 2.52 bits per heavy atom. The highest BCUT2D eigenvalue weighted by Crippen LogP contribution is 2.21. The molecule has 0 fully saturated rings. The predicted molar refractivity (Wildman–Crippen MR) is 78.0 cm³/mol. The molecule has 0 saturated heterocycles. The van der Waals surface area contributed by atoms with Crippen molar-refractivity contribution in [3.8, 4) is 0 Å². The van der Waals surface area contributed by atoms with E-state index in [4.69, 9.17) is 17.3 Å². The van der Waals surface area contributed by atoms with Crippen molar-refractivity contribution >= 4 is 23.2 Å². The fourth-order valence-electron chi connectivity index (χ4n) is 1.86. The Bertz CT molecular complexity index is 691. The molecule has 0 heterocycles. The molecule has 0 aliphatic heterocycles. The lowest BCUT2D eigenvalue weighted by Gasteiger charge is -2.18. The van der Waals surface area contributed by atoms with Crippen LogP contribution < -0.4 is 5.73 Å². The average Bonchev–Trinajstić information content (AvgIpc) is 2.45. The van der Waals surface area contributed by atoms with E-state index in [0.717, 1.165) is 12.1 Å². The molecule has 0 aliphatic carbocycles. The lowest BCUT2D eigenvalue weighted by atomic mass is 10.1. The molecular weight excluding hydrogens is 298 g/mol. The first-order valence-corrected chi connectivity index (χ1v) is 6.50. The van der Waals surface area contributed by atoms with Crippen molar-refractivity contribution in [2.24, 2.45) is 0 Å². The molecule has 0 unspecified atom stereocenters. The molecule has 6 heteroatoms. The van der Waals surface area contributed by atoms with Gasteiger partial charge in [0.05, 0.1) is 10.7 Å². The van der Waals surface area contributed by atoms with Gasteiger partial charge >= 0.3 is 0 Å². The molecule has 0 bridgehead atoms. The summed E-state index contributed by atoms with van der Waals surface area (Å²) >= 11 is 5.87. The predicted octanol–water partition coefficient (Wildman–Crippen LogP) is 3.47. The molecule has 2 aromatic carbocycles. The molecule has 2 aromatic rings. The molecule has 3 nitrogen and oxygen atoms in total. The second-order valence-corrected chi connectivity index (χ2v) is 5.05. The third-order valence-electron chi connectivity index (χ3n) is 3.00. The molecule has 1 amide bonds. The molecule has 0 saturated carbocycles. The minimum absolute atomic E-state index is 0.151. The van der Waals surface area contributed by atoms with Crippen LogP contribution in [0.4, 0.5) is 14.5 Å². The molecule has 0 spiro atoms. The van der Waals surface area contributed by atoms with E-state index >= 15 is 0 Å². The summed E-state index contributed by atoms with van der Waals surface area (Å²) in [5.41, 5.74) is 6.84. The number of nitrogens with zero attached hydrogens (tertiary/aromatic N) is 1. The van der Waals surface area contributed by atoms with Gasteiger partial charge in [0, 0.05) is 19.2 Å². The van der Waals surface area contributed by atoms with Crippen LogP contribution in [-0.2, 0) is 6.54 Å². The number of halogens is 3. The lowest BCUT2D eigenvalue weighted by Crippen LogP contribution is -2.26. The van der Waals surface area contributed by atoms with E-state index in [1.165, 1.54) is 17.0 Å². The van der Waals surface area contributed by atoms with E-state index in [1.807, 2.05) is 0 Å². The van der Waals surface area contributed by atoms with Crippen molar-refractivity contribution in [3.05, 3.63) is 64.2 Å². The van der Waals surface area contributed by atoms with Crippen LogP contribution in [0, 0.1) is 11.6 Å². The Balaban J connectivity index is 2.15. The number of nitrogen functional groups attached to an aromatic ring is 1. The Kier molecular flexibility index (Phi) is 4.43. The summed E-state index contributed by atoms with van der Waals surface area (Å²) in [6.07, 6.45) is 0. The van der Waals surface area contributed by atoms with Crippen LogP contribution in [0.5, 0.6) is 0 Å². The molecule has 0 aliphatic rings. The number of rotatable bonds is 3. The highest BCUT2D eigenvalue weighted by molar-refractivity contribution is 6.33. The van der Waals surface area contributed by atoms with Gasteiger partial charge in [-0.1, -0.05) is 17.7 Å². The quantitative estimate of drug-likeness (QED) is 0.882. The monoisotopic (exact) mass is 310 g/mol. The molecule has 0 radical (unpaired) electrons. The Labute approximate surface area is 125 Å². The summed E-state index contributed by atoms with van der Waals surface area (Å²) in [6, 6.07) is 8.10. The summed E-state index contributed by atoms with van der Waals surface area (Å²) in [5.74, 6) is -2.15. The van der Waals surface area contributed by atoms with Crippen molar-refractivity contribution < 1.29 is 13.6 Å².